The summed E-state index contributed by atoms with van der Waals surface area (Å²) in [6, 6.07) is 0. The number of ether oxygens (including phenoxy) is 2. The van der Waals surface area contributed by atoms with Gasteiger partial charge in [-0.05, 0) is 24.7 Å². The van der Waals surface area contributed by atoms with Gasteiger partial charge in [-0.1, -0.05) is 6.42 Å². The molecule has 0 aromatic carbocycles. The molecule has 5 heteroatoms. The van der Waals surface area contributed by atoms with E-state index in [2.05, 4.69) is 5.32 Å². The van der Waals surface area contributed by atoms with Gasteiger partial charge < -0.3 is 19.9 Å². The van der Waals surface area contributed by atoms with Crippen LogP contribution in [0.15, 0.2) is 12.0 Å². The zero-order valence-corrected chi connectivity index (χ0v) is 9.85. The summed E-state index contributed by atoms with van der Waals surface area (Å²) in [4.78, 5) is 11.7. The van der Waals surface area contributed by atoms with Crippen LogP contribution in [0.4, 0.5) is 0 Å². The van der Waals surface area contributed by atoms with E-state index >= 15 is 0 Å². The average molecular weight is 241 g/mol. The molecule has 2 N–H and O–H groups in total. The van der Waals surface area contributed by atoms with E-state index in [9.17, 15) is 9.90 Å². The number of hydrogen-bond acceptors (Lipinski definition) is 4. The SMILES string of the molecule is O=C(NCC1CCCC1CO)C1=COCCO1. The van der Waals surface area contributed by atoms with Crippen LogP contribution in [0.1, 0.15) is 19.3 Å². The first-order chi connectivity index (χ1) is 8.31. The predicted octanol–water partition coefficient (Wildman–Crippen LogP) is 0.399. The maximum atomic E-state index is 11.7. The highest BCUT2D eigenvalue weighted by Crippen LogP contribution is 2.30. The quantitative estimate of drug-likeness (QED) is 0.747. The molecule has 96 valence electrons. The van der Waals surface area contributed by atoms with Crippen LogP contribution in [-0.2, 0) is 14.3 Å². The van der Waals surface area contributed by atoms with Crippen molar-refractivity contribution in [3.63, 3.8) is 0 Å². The minimum Gasteiger partial charge on any atom is -0.494 e. The van der Waals surface area contributed by atoms with Crippen molar-refractivity contribution in [3.8, 4) is 0 Å². The van der Waals surface area contributed by atoms with Crippen molar-refractivity contribution in [2.24, 2.45) is 11.8 Å². The third-order valence-corrected chi connectivity index (χ3v) is 3.45. The molecule has 1 amide bonds. The Hall–Kier alpha value is -1.23. The second kappa shape index (κ2) is 5.91. The summed E-state index contributed by atoms with van der Waals surface area (Å²) in [5, 5.41) is 12.0. The van der Waals surface area contributed by atoms with Crippen LogP contribution in [0.3, 0.4) is 0 Å². The molecule has 1 aliphatic heterocycles. The molecule has 1 aliphatic carbocycles. The summed E-state index contributed by atoms with van der Waals surface area (Å²) in [7, 11) is 0. The smallest absolute Gasteiger partial charge is 0.289 e. The Labute approximate surface area is 101 Å². The second-order valence-corrected chi connectivity index (χ2v) is 4.55. The molecular weight excluding hydrogens is 222 g/mol. The van der Waals surface area contributed by atoms with Gasteiger partial charge in [0.2, 0.25) is 5.76 Å². The Morgan fingerprint density at radius 1 is 1.41 bits per heavy atom. The first-order valence-electron chi connectivity index (χ1n) is 6.15. The van der Waals surface area contributed by atoms with Crippen molar-refractivity contribution in [2.45, 2.75) is 19.3 Å². The zero-order valence-electron chi connectivity index (χ0n) is 9.85. The third kappa shape index (κ3) is 3.12. The molecule has 0 aromatic rings. The molecule has 1 saturated carbocycles. The number of amides is 1. The van der Waals surface area contributed by atoms with Gasteiger partial charge in [-0.3, -0.25) is 4.79 Å². The van der Waals surface area contributed by atoms with E-state index in [1.54, 1.807) is 0 Å². The monoisotopic (exact) mass is 241 g/mol. The van der Waals surface area contributed by atoms with Gasteiger partial charge >= 0.3 is 0 Å². The Bertz CT molecular complexity index is 303. The fourth-order valence-corrected chi connectivity index (χ4v) is 2.42. The van der Waals surface area contributed by atoms with Gasteiger partial charge in [0, 0.05) is 13.2 Å². The van der Waals surface area contributed by atoms with E-state index in [1.165, 1.54) is 6.26 Å². The van der Waals surface area contributed by atoms with Crippen LogP contribution in [-0.4, -0.2) is 37.4 Å². The molecule has 0 saturated heterocycles. The van der Waals surface area contributed by atoms with Crippen molar-refractivity contribution < 1.29 is 19.4 Å². The largest absolute Gasteiger partial charge is 0.494 e. The van der Waals surface area contributed by atoms with Gasteiger partial charge in [-0.15, -0.1) is 0 Å². The van der Waals surface area contributed by atoms with Crippen molar-refractivity contribution in [1.82, 2.24) is 5.32 Å². The number of nitrogens with one attached hydrogen (secondary N) is 1. The Balaban J connectivity index is 1.77. The van der Waals surface area contributed by atoms with Crippen LogP contribution in [0.5, 0.6) is 0 Å². The molecule has 1 heterocycles. The summed E-state index contributed by atoms with van der Waals surface area (Å²) < 4.78 is 10.2. The van der Waals surface area contributed by atoms with Crippen molar-refractivity contribution in [3.05, 3.63) is 12.0 Å². The van der Waals surface area contributed by atoms with Crippen LogP contribution in [0.25, 0.3) is 0 Å². The standard InChI is InChI=1S/C12H19NO4/c14-7-10-3-1-2-9(10)6-13-12(15)11-8-16-4-5-17-11/h8-10,14H,1-7H2,(H,13,15). The molecule has 0 bridgehead atoms. The summed E-state index contributed by atoms with van der Waals surface area (Å²) in [6.07, 6.45) is 4.62. The minimum atomic E-state index is -0.228. The third-order valence-electron chi connectivity index (χ3n) is 3.45. The van der Waals surface area contributed by atoms with Crippen molar-refractivity contribution >= 4 is 5.91 Å². The number of carbonyl (C=O) groups excluding carboxylic acids is 1. The van der Waals surface area contributed by atoms with Gasteiger partial charge in [-0.2, -0.15) is 0 Å². The molecular formula is C12H19NO4. The molecule has 0 aromatic heterocycles. The Kier molecular flexibility index (Phi) is 4.25. The minimum absolute atomic E-state index is 0.211. The molecule has 0 spiro atoms. The van der Waals surface area contributed by atoms with Crippen LogP contribution >= 0.6 is 0 Å². The number of hydrogen-bond donors (Lipinski definition) is 2. The number of aliphatic hydroxyl groups is 1. The summed E-state index contributed by atoms with van der Waals surface area (Å²) in [5.41, 5.74) is 0. The predicted molar refractivity (Wildman–Crippen MR) is 60.9 cm³/mol. The van der Waals surface area contributed by atoms with Crippen LogP contribution in [0.2, 0.25) is 0 Å². The maximum absolute atomic E-state index is 11.7. The normalized spacial score (nSPS) is 27.9. The highest BCUT2D eigenvalue weighted by molar-refractivity contribution is 5.91. The number of rotatable bonds is 4. The lowest BCUT2D eigenvalue weighted by Gasteiger charge is -2.19. The molecule has 2 unspecified atom stereocenters. The lowest BCUT2D eigenvalue weighted by Crippen LogP contribution is -2.34. The highest BCUT2D eigenvalue weighted by Gasteiger charge is 2.27. The van der Waals surface area contributed by atoms with Crippen LogP contribution in [0, 0.1) is 11.8 Å². The van der Waals surface area contributed by atoms with Gasteiger partial charge in [0.05, 0.1) is 0 Å². The maximum Gasteiger partial charge on any atom is 0.289 e. The van der Waals surface area contributed by atoms with Crippen LogP contribution < -0.4 is 5.32 Å². The van der Waals surface area contributed by atoms with Gasteiger partial charge in [0.25, 0.3) is 5.91 Å². The highest BCUT2D eigenvalue weighted by atomic mass is 16.6. The fraction of sp³-hybridized carbons (Fsp3) is 0.750. The molecule has 0 radical (unpaired) electrons. The van der Waals surface area contributed by atoms with Crippen molar-refractivity contribution in [1.29, 1.82) is 0 Å². The van der Waals surface area contributed by atoms with Gasteiger partial charge in [0.15, 0.2) is 0 Å². The number of aliphatic hydroxyl groups excluding tert-OH is 1. The average Bonchev–Trinajstić information content (AvgIpc) is 2.84. The van der Waals surface area contributed by atoms with Gasteiger partial charge in [-0.25, -0.2) is 0 Å². The summed E-state index contributed by atoms with van der Waals surface area (Å²) in [5.74, 6) is 0.727. The Morgan fingerprint density at radius 3 is 2.94 bits per heavy atom. The molecule has 2 rings (SSSR count). The van der Waals surface area contributed by atoms with Gasteiger partial charge in [0.1, 0.15) is 19.5 Å². The molecule has 5 nitrogen and oxygen atoms in total. The van der Waals surface area contributed by atoms with E-state index in [4.69, 9.17) is 9.47 Å². The zero-order chi connectivity index (χ0) is 12.1. The first kappa shape index (κ1) is 12.2. The lowest BCUT2D eigenvalue weighted by molar-refractivity contribution is -0.122. The summed E-state index contributed by atoms with van der Waals surface area (Å²) >= 11 is 0. The van der Waals surface area contributed by atoms with E-state index in [0.717, 1.165) is 19.3 Å². The Morgan fingerprint density at radius 2 is 2.24 bits per heavy atom. The topological polar surface area (TPSA) is 67.8 Å². The summed E-state index contributed by atoms with van der Waals surface area (Å²) in [6.45, 7) is 1.72. The van der Waals surface area contributed by atoms with Crippen molar-refractivity contribution in [2.75, 3.05) is 26.4 Å². The lowest BCUT2D eigenvalue weighted by atomic mass is 9.97. The first-order valence-corrected chi connectivity index (χ1v) is 6.15. The molecule has 17 heavy (non-hydrogen) atoms. The van der Waals surface area contributed by atoms with E-state index < -0.39 is 0 Å². The van der Waals surface area contributed by atoms with E-state index in [-0.39, 0.29) is 18.3 Å². The fourth-order valence-electron chi connectivity index (χ4n) is 2.42. The second-order valence-electron chi connectivity index (χ2n) is 4.55. The van der Waals surface area contributed by atoms with E-state index in [0.29, 0.717) is 31.6 Å². The van der Waals surface area contributed by atoms with E-state index in [1.807, 2.05) is 0 Å². The number of carbonyl (C=O) groups is 1. The molecule has 2 atom stereocenters. The molecule has 2 aliphatic rings. The molecule has 1 fully saturated rings.